The van der Waals surface area contributed by atoms with Crippen molar-refractivity contribution in [3.05, 3.63) is 116 Å². The first-order chi connectivity index (χ1) is 18.1. The summed E-state index contributed by atoms with van der Waals surface area (Å²) in [5, 5.41) is 2.57. The average Bonchev–Trinajstić information content (AvgIpc) is 3.45. The minimum atomic E-state index is -0.132. The second-order valence-electron chi connectivity index (χ2n) is 8.30. The summed E-state index contributed by atoms with van der Waals surface area (Å²) in [7, 11) is 3.23. The van der Waals surface area contributed by atoms with Crippen molar-refractivity contribution in [2.75, 3.05) is 14.2 Å². The van der Waals surface area contributed by atoms with Crippen LogP contribution in [0.25, 0.3) is 28.7 Å². The number of nitrogens with zero attached hydrogens (tertiary/aromatic N) is 2. The Morgan fingerprint density at radius 3 is 2.54 bits per heavy atom. The van der Waals surface area contributed by atoms with Crippen LogP contribution in [0.2, 0.25) is 0 Å². The number of fused-ring (bicyclic) bond motifs is 1. The first-order valence-corrected chi connectivity index (χ1v) is 12.5. The molecule has 0 saturated heterocycles. The number of hydrogen-bond acceptors (Lipinski definition) is 5. The number of hydrogen-bond donors (Lipinski definition) is 0. The van der Waals surface area contributed by atoms with Gasteiger partial charge in [-0.25, -0.2) is 4.98 Å². The van der Waals surface area contributed by atoms with E-state index in [1.54, 1.807) is 36.2 Å². The Kier molecular flexibility index (Phi) is 6.89. The third kappa shape index (κ3) is 5.04. The topological polar surface area (TPSA) is 53.3 Å². The van der Waals surface area contributed by atoms with Gasteiger partial charge in [-0.2, -0.15) is 0 Å². The number of rotatable bonds is 5. The summed E-state index contributed by atoms with van der Waals surface area (Å²) in [4.78, 5) is 19.6. The predicted molar refractivity (Wildman–Crippen MR) is 151 cm³/mol. The monoisotopic (exact) mass is 504 g/mol. The van der Waals surface area contributed by atoms with Gasteiger partial charge in [-0.15, -0.1) is 11.3 Å². The molecule has 0 aliphatic heterocycles. The van der Waals surface area contributed by atoms with E-state index < -0.39 is 0 Å². The molecule has 0 aliphatic rings. The molecule has 5 nitrogen and oxygen atoms in total. The van der Waals surface area contributed by atoms with Crippen LogP contribution in [0.15, 0.2) is 83.0 Å². The summed E-state index contributed by atoms with van der Waals surface area (Å²) in [5.74, 6) is 8.28. The van der Waals surface area contributed by atoms with Gasteiger partial charge in [0, 0.05) is 17.2 Å². The molecule has 0 amide bonds. The van der Waals surface area contributed by atoms with Crippen molar-refractivity contribution in [2.45, 2.75) is 6.92 Å². The van der Waals surface area contributed by atoms with E-state index >= 15 is 0 Å². The number of aryl methyl sites for hydroxylation is 1. The molecule has 5 rings (SSSR count). The van der Waals surface area contributed by atoms with E-state index in [4.69, 9.17) is 14.5 Å². The zero-order valence-electron chi connectivity index (χ0n) is 20.7. The highest BCUT2D eigenvalue weighted by Crippen LogP contribution is 2.27. The Bertz CT molecular complexity index is 1740. The molecule has 5 aromatic rings. The molecule has 0 saturated carbocycles. The van der Waals surface area contributed by atoms with Crippen LogP contribution in [0.3, 0.4) is 0 Å². The van der Waals surface area contributed by atoms with Crippen molar-refractivity contribution < 1.29 is 9.47 Å². The fraction of sp³-hybridized carbons (Fsp3) is 0.0968. The van der Waals surface area contributed by atoms with E-state index in [0.717, 1.165) is 27.3 Å². The maximum absolute atomic E-state index is 13.7. The van der Waals surface area contributed by atoms with E-state index in [-0.39, 0.29) is 5.56 Å². The van der Waals surface area contributed by atoms with Gasteiger partial charge in [0.1, 0.15) is 17.3 Å². The summed E-state index contributed by atoms with van der Waals surface area (Å²) in [5.41, 5.74) is 3.92. The van der Waals surface area contributed by atoms with Crippen molar-refractivity contribution in [2.24, 2.45) is 0 Å². The maximum Gasteiger partial charge on any atom is 0.266 e. The zero-order valence-corrected chi connectivity index (χ0v) is 21.5. The Balaban J connectivity index is 1.63. The van der Waals surface area contributed by atoms with E-state index in [1.165, 1.54) is 0 Å². The fourth-order valence-electron chi connectivity index (χ4n) is 4.08. The van der Waals surface area contributed by atoms with Crippen molar-refractivity contribution >= 4 is 34.4 Å². The summed E-state index contributed by atoms with van der Waals surface area (Å²) in [6, 6.07) is 22.8. The molecule has 3 aromatic carbocycles. The van der Waals surface area contributed by atoms with Crippen molar-refractivity contribution in [3.8, 4) is 29.0 Å². The number of methoxy groups -OCH3 is 2. The lowest BCUT2D eigenvalue weighted by atomic mass is 10.1. The average molecular weight is 505 g/mol. The minimum Gasteiger partial charge on any atom is -0.497 e. The highest BCUT2D eigenvalue weighted by atomic mass is 32.1. The number of thiophene rings is 1. The molecule has 6 heteroatoms. The molecule has 0 bridgehead atoms. The Morgan fingerprint density at radius 2 is 1.78 bits per heavy atom. The molecule has 0 unspecified atom stereocenters. The molecule has 2 aromatic heterocycles. The molecule has 0 atom stereocenters. The first kappa shape index (κ1) is 24.1. The predicted octanol–water partition coefficient (Wildman–Crippen LogP) is 6.34. The van der Waals surface area contributed by atoms with Crippen LogP contribution >= 0.6 is 11.3 Å². The van der Waals surface area contributed by atoms with Gasteiger partial charge in [0.25, 0.3) is 5.56 Å². The molecular formula is C31H24N2O3S. The fourth-order valence-corrected chi connectivity index (χ4v) is 4.65. The SMILES string of the molecule is COc1ccc(/C=C/c2nc3ccccc3c(=O)n2-c2ccc(C#Cc3cccs3)cc2C)c(OC)c1. The van der Waals surface area contributed by atoms with E-state index in [9.17, 15) is 4.79 Å². The quantitative estimate of drug-likeness (QED) is 0.262. The van der Waals surface area contributed by atoms with Gasteiger partial charge < -0.3 is 9.47 Å². The molecule has 0 N–H and O–H groups in total. The summed E-state index contributed by atoms with van der Waals surface area (Å²) >= 11 is 1.61. The van der Waals surface area contributed by atoms with E-state index in [1.807, 2.05) is 91.2 Å². The molecule has 0 spiro atoms. The third-order valence-corrected chi connectivity index (χ3v) is 6.73. The first-order valence-electron chi connectivity index (χ1n) is 11.7. The van der Waals surface area contributed by atoms with Crippen LogP contribution in [0.4, 0.5) is 0 Å². The van der Waals surface area contributed by atoms with Gasteiger partial charge in [0.05, 0.1) is 35.7 Å². The minimum absolute atomic E-state index is 0.132. The number of para-hydroxylation sites is 1. The van der Waals surface area contributed by atoms with Crippen LogP contribution in [-0.2, 0) is 0 Å². The molecule has 0 aliphatic carbocycles. The smallest absolute Gasteiger partial charge is 0.266 e. The largest absolute Gasteiger partial charge is 0.497 e. The second-order valence-corrected chi connectivity index (χ2v) is 9.25. The summed E-state index contributed by atoms with van der Waals surface area (Å²) in [6.45, 7) is 1.98. The lowest BCUT2D eigenvalue weighted by molar-refractivity contribution is 0.394. The molecule has 37 heavy (non-hydrogen) atoms. The van der Waals surface area contributed by atoms with Crippen LogP contribution in [0.5, 0.6) is 11.5 Å². The van der Waals surface area contributed by atoms with Crippen molar-refractivity contribution in [3.63, 3.8) is 0 Å². The van der Waals surface area contributed by atoms with Gasteiger partial charge in [-0.3, -0.25) is 9.36 Å². The van der Waals surface area contributed by atoms with Crippen molar-refractivity contribution in [1.29, 1.82) is 0 Å². The normalized spacial score (nSPS) is 10.9. The highest BCUT2D eigenvalue weighted by molar-refractivity contribution is 7.10. The van der Waals surface area contributed by atoms with E-state index in [0.29, 0.717) is 28.2 Å². The lowest BCUT2D eigenvalue weighted by Crippen LogP contribution is -2.23. The maximum atomic E-state index is 13.7. The van der Waals surface area contributed by atoms with Gasteiger partial charge in [0.2, 0.25) is 0 Å². The van der Waals surface area contributed by atoms with Crippen LogP contribution in [0, 0.1) is 18.8 Å². The zero-order chi connectivity index (χ0) is 25.8. The Hall–Kier alpha value is -4.60. The number of ether oxygens (including phenoxy) is 2. The number of benzene rings is 3. The van der Waals surface area contributed by atoms with Gasteiger partial charge in [-0.05, 0) is 78.6 Å². The second kappa shape index (κ2) is 10.6. The molecule has 182 valence electrons. The molecule has 0 fully saturated rings. The van der Waals surface area contributed by atoms with Crippen LogP contribution in [0.1, 0.15) is 27.4 Å². The standard InChI is InChI=1S/C31H24N2O3S/c1-21-19-22(10-15-25-7-6-18-37-25)11-16-28(21)33-30(32-27-9-5-4-8-26(27)31(33)34)17-13-23-12-14-24(35-2)20-29(23)36-3/h4-9,11-14,16-20H,1-3H3/b17-13+. The third-order valence-electron chi connectivity index (χ3n) is 5.94. The van der Waals surface area contributed by atoms with Crippen molar-refractivity contribution in [1.82, 2.24) is 9.55 Å². The van der Waals surface area contributed by atoms with Gasteiger partial charge >= 0.3 is 0 Å². The summed E-state index contributed by atoms with van der Waals surface area (Å²) < 4.78 is 12.5. The molecular weight excluding hydrogens is 480 g/mol. The van der Waals surface area contributed by atoms with Crippen LogP contribution < -0.4 is 15.0 Å². The van der Waals surface area contributed by atoms with Gasteiger partial charge in [0.15, 0.2) is 0 Å². The lowest BCUT2D eigenvalue weighted by Gasteiger charge is -2.14. The summed E-state index contributed by atoms with van der Waals surface area (Å²) in [6.07, 6.45) is 3.73. The van der Waals surface area contributed by atoms with Gasteiger partial charge in [-0.1, -0.05) is 30.0 Å². The Morgan fingerprint density at radius 1 is 0.919 bits per heavy atom. The van der Waals surface area contributed by atoms with Crippen LogP contribution in [-0.4, -0.2) is 23.8 Å². The number of aromatic nitrogens is 2. The molecule has 0 radical (unpaired) electrons. The highest BCUT2D eigenvalue weighted by Gasteiger charge is 2.13. The van der Waals surface area contributed by atoms with E-state index in [2.05, 4.69) is 11.8 Å². The Labute approximate surface area is 219 Å². The molecule has 2 heterocycles.